The Hall–Kier alpha value is -2.37. The first-order chi connectivity index (χ1) is 13.1. The molecule has 0 aliphatic carbocycles. The second-order valence-electron chi connectivity index (χ2n) is 7.26. The van der Waals surface area contributed by atoms with Crippen LogP contribution >= 0.6 is 12.4 Å². The van der Waals surface area contributed by atoms with Crippen molar-refractivity contribution in [1.82, 2.24) is 19.8 Å². The fraction of sp³-hybridized carbons (Fsp3) is 0.364. The van der Waals surface area contributed by atoms with E-state index in [2.05, 4.69) is 41.9 Å². The Bertz CT molecular complexity index is 940. The highest BCUT2D eigenvalue weighted by Gasteiger charge is 2.28. The number of para-hydroxylation sites is 3. The summed E-state index contributed by atoms with van der Waals surface area (Å²) >= 11 is 0. The maximum absolute atomic E-state index is 12.9. The lowest BCUT2D eigenvalue weighted by molar-refractivity contribution is -0.134. The smallest absolute Gasteiger partial charge is 0.223 e. The first kappa shape index (κ1) is 20.4. The third kappa shape index (κ3) is 3.91. The largest absolute Gasteiger partial charge is 0.337 e. The predicted molar refractivity (Wildman–Crippen MR) is 115 cm³/mol. The Balaban J connectivity index is 0.00000225. The Morgan fingerprint density at radius 3 is 2.61 bits per heavy atom. The lowest BCUT2D eigenvalue weighted by Crippen LogP contribution is -2.57. The average molecular weight is 399 g/mol. The van der Waals surface area contributed by atoms with E-state index in [4.69, 9.17) is 4.98 Å². The molecule has 0 saturated carbocycles. The number of aryl methyl sites for hydroxylation is 1. The topological polar surface area (TPSA) is 50.2 Å². The summed E-state index contributed by atoms with van der Waals surface area (Å²) in [7, 11) is 0. The van der Waals surface area contributed by atoms with Gasteiger partial charge in [0.25, 0.3) is 0 Å². The molecule has 2 heterocycles. The standard InChI is InChI=1S/C22H26N4O.ClH/c1-16-17(2)25(15-14-23-16)22(27)13-12-21-24-19-10-6-7-11-20(19)26(21)18-8-4-3-5-9-18;/h3-11,16-17,23H,12-15H2,1-2H3;1H. The summed E-state index contributed by atoms with van der Waals surface area (Å²) in [5.74, 6) is 1.15. The van der Waals surface area contributed by atoms with Gasteiger partial charge < -0.3 is 10.2 Å². The summed E-state index contributed by atoms with van der Waals surface area (Å²) in [5.41, 5.74) is 3.13. The minimum absolute atomic E-state index is 0. The molecule has 1 aliphatic heterocycles. The molecule has 0 spiro atoms. The molecule has 3 aromatic rings. The molecule has 0 bridgehead atoms. The van der Waals surface area contributed by atoms with Gasteiger partial charge in [-0.2, -0.15) is 0 Å². The molecule has 1 saturated heterocycles. The van der Waals surface area contributed by atoms with Gasteiger partial charge in [-0.05, 0) is 38.1 Å². The van der Waals surface area contributed by atoms with Crippen LogP contribution in [0.3, 0.4) is 0 Å². The molecule has 28 heavy (non-hydrogen) atoms. The van der Waals surface area contributed by atoms with Crippen molar-refractivity contribution in [3.63, 3.8) is 0 Å². The van der Waals surface area contributed by atoms with E-state index >= 15 is 0 Å². The number of halogens is 1. The number of hydrogen-bond donors (Lipinski definition) is 1. The zero-order valence-electron chi connectivity index (χ0n) is 16.3. The van der Waals surface area contributed by atoms with Gasteiger partial charge in [0.2, 0.25) is 5.91 Å². The number of imidazole rings is 1. The van der Waals surface area contributed by atoms with Crippen molar-refractivity contribution < 1.29 is 4.79 Å². The molecule has 1 fully saturated rings. The number of carbonyl (C=O) groups excluding carboxylic acids is 1. The van der Waals surface area contributed by atoms with Crippen LogP contribution in [0.15, 0.2) is 54.6 Å². The van der Waals surface area contributed by atoms with E-state index in [9.17, 15) is 4.79 Å². The van der Waals surface area contributed by atoms with Crippen LogP contribution in [0, 0.1) is 0 Å². The fourth-order valence-electron chi connectivity index (χ4n) is 3.88. The number of aromatic nitrogens is 2. The molecule has 4 rings (SSSR count). The minimum Gasteiger partial charge on any atom is -0.337 e. The Morgan fingerprint density at radius 1 is 1.11 bits per heavy atom. The number of piperazine rings is 1. The highest BCUT2D eigenvalue weighted by Crippen LogP contribution is 2.22. The van der Waals surface area contributed by atoms with Crippen molar-refractivity contribution in [2.75, 3.05) is 13.1 Å². The Labute approximate surface area is 172 Å². The third-order valence-corrected chi connectivity index (χ3v) is 5.56. The van der Waals surface area contributed by atoms with Gasteiger partial charge in [0.05, 0.1) is 11.0 Å². The quantitative estimate of drug-likeness (QED) is 0.730. The van der Waals surface area contributed by atoms with E-state index in [1.54, 1.807) is 0 Å². The van der Waals surface area contributed by atoms with Gasteiger partial charge in [-0.3, -0.25) is 9.36 Å². The van der Waals surface area contributed by atoms with Crippen molar-refractivity contribution >= 4 is 29.3 Å². The SMILES string of the molecule is CC1NCCN(C(=O)CCc2nc3ccccc3n2-c2ccccc2)C1C.Cl. The van der Waals surface area contributed by atoms with Crippen LogP contribution in [0.25, 0.3) is 16.7 Å². The van der Waals surface area contributed by atoms with E-state index in [0.29, 0.717) is 18.9 Å². The van der Waals surface area contributed by atoms with Crippen LogP contribution in [-0.4, -0.2) is 45.5 Å². The van der Waals surface area contributed by atoms with Crippen molar-refractivity contribution in [2.45, 2.75) is 38.8 Å². The normalized spacial score (nSPS) is 19.4. The van der Waals surface area contributed by atoms with Gasteiger partial charge in [-0.15, -0.1) is 12.4 Å². The van der Waals surface area contributed by atoms with Crippen LogP contribution < -0.4 is 5.32 Å². The molecule has 1 aliphatic rings. The number of carbonyl (C=O) groups is 1. The third-order valence-electron chi connectivity index (χ3n) is 5.56. The van der Waals surface area contributed by atoms with Gasteiger partial charge in [-0.1, -0.05) is 30.3 Å². The second-order valence-corrected chi connectivity index (χ2v) is 7.26. The highest BCUT2D eigenvalue weighted by molar-refractivity contribution is 5.85. The summed E-state index contributed by atoms with van der Waals surface area (Å²) in [5, 5.41) is 3.43. The van der Waals surface area contributed by atoms with E-state index in [-0.39, 0.29) is 24.4 Å². The molecule has 1 aromatic heterocycles. The highest BCUT2D eigenvalue weighted by atomic mass is 35.5. The zero-order valence-corrected chi connectivity index (χ0v) is 17.2. The van der Waals surface area contributed by atoms with Gasteiger partial charge in [-0.25, -0.2) is 4.98 Å². The zero-order chi connectivity index (χ0) is 18.8. The molecule has 5 nitrogen and oxygen atoms in total. The molecule has 148 valence electrons. The Morgan fingerprint density at radius 2 is 1.82 bits per heavy atom. The number of fused-ring (bicyclic) bond motifs is 1. The minimum atomic E-state index is 0. The number of benzene rings is 2. The van der Waals surface area contributed by atoms with E-state index in [1.165, 1.54) is 0 Å². The number of hydrogen-bond acceptors (Lipinski definition) is 3. The molecule has 2 aromatic carbocycles. The molecule has 2 atom stereocenters. The van der Waals surface area contributed by atoms with Gasteiger partial charge >= 0.3 is 0 Å². The molecular weight excluding hydrogens is 372 g/mol. The van der Waals surface area contributed by atoms with Gasteiger partial charge in [0, 0.05) is 43.7 Å². The lowest BCUT2D eigenvalue weighted by Gasteiger charge is -2.38. The van der Waals surface area contributed by atoms with Crippen LogP contribution in [0.1, 0.15) is 26.1 Å². The van der Waals surface area contributed by atoms with E-state index in [0.717, 1.165) is 35.6 Å². The van der Waals surface area contributed by atoms with Crippen LogP contribution in [-0.2, 0) is 11.2 Å². The fourth-order valence-corrected chi connectivity index (χ4v) is 3.88. The molecule has 1 amide bonds. The first-order valence-electron chi connectivity index (χ1n) is 9.70. The second kappa shape index (κ2) is 8.76. The number of nitrogens with zero attached hydrogens (tertiary/aromatic N) is 3. The van der Waals surface area contributed by atoms with Crippen molar-refractivity contribution in [2.24, 2.45) is 0 Å². The molecule has 0 radical (unpaired) electrons. The van der Waals surface area contributed by atoms with Crippen LogP contribution in [0.5, 0.6) is 0 Å². The first-order valence-corrected chi connectivity index (χ1v) is 9.70. The summed E-state index contributed by atoms with van der Waals surface area (Å²) in [6, 6.07) is 18.9. The number of amides is 1. The van der Waals surface area contributed by atoms with Crippen LogP contribution in [0.4, 0.5) is 0 Å². The molecule has 1 N–H and O–H groups in total. The average Bonchev–Trinajstić information content (AvgIpc) is 3.07. The Kier molecular flexibility index (Phi) is 6.37. The number of nitrogens with one attached hydrogen (secondary N) is 1. The van der Waals surface area contributed by atoms with E-state index in [1.807, 2.05) is 41.3 Å². The summed E-state index contributed by atoms with van der Waals surface area (Å²) in [6.45, 7) is 5.89. The lowest BCUT2D eigenvalue weighted by atomic mass is 10.1. The predicted octanol–water partition coefficient (Wildman–Crippen LogP) is 3.59. The molecule has 6 heteroatoms. The molecule has 2 unspecified atom stereocenters. The maximum Gasteiger partial charge on any atom is 0.223 e. The summed E-state index contributed by atoms with van der Waals surface area (Å²) in [6.07, 6.45) is 1.11. The monoisotopic (exact) mass is 398 g/mol. The maximum atomic E-state index is 12.9. The van der Waals surface area contributed by atoms with Crippen LogP contribution in [0.2, 0.25) is 0 Å². The summed E-state index contributed by atoms with van der Waals surface area (Å²) < 4.78 is 2.17. The van der Waals surface area contributed by atoms with Crippen molar-refractivity contribution in [3.8, 4) is 5.69 Å². The van der Waals surface area contributed by atoms with Gasteiger partial charge in [0.1, 0.15) is 5.82 Å². The van der Waals surface area contributed by atoms with Gasteiger partial charge in [0.15, 0.2) is 0 Å². The van der Waals surface area contributed by atoms with E-state index < -0.39 is 0 Å². The molecular formula is C22H27ClN4O. The van der Waals surface area contributed by atoms with Crippen molar-refractivity contribution in [1.29, 1.82) is 0 Å². The summed E-state index contributed by atoms with van der Waals surface area (Å²) in [4.78, 5) is 19.7. The number of rotatable bonds is 4. The van der Waals surface area contributed by atoms with Crippen molar-refractivity contribution in [3.05, 3.63) is 60.4 Å².